The quantitative estimate of drug-likeness (QED) is 0.403. The molecule has 0 aliphatic carbocycles. The summed E-state index contributed by atoms with van der Waals surface area (Å²) < 4.78 is 21.4. The van der Waals surface area contributed by atoms with Crippen molar-refractivity contribution >= 4 is 34.2 Å². The number of phenols is 1. The highest BCUT2D eigenvalue weighted by Gasteiger charge is 2.19. The third-order valence-electron chi connectivity index (χ3n) is 5.80. The molecule has 0 atom stereocenters. The molecule has 12 heteroatoms. The van der Waals surface area contributed by atoms with E-state index in [0.29, 0.717) is 28.1 Å². The molecular weight excluding hydrogens is 441 g/mol. The Morgan fingerprint density at radius 2 is 1.91 bits per heavy atom. The molecule has 3 heterocycles. The van der Waals surface area contributed by atoms with Gasteiger partial charge in [0.2, 0.25) is 11.9 Å². The number of hydrogen-bond donors (Lipinski definition) is 3. The van der Waals surface area contributed by atoms with Crippen molar-refractivity contribution in [2.24, 2.45) is 0 Å². The van der Waals surface area contributed by atoms with Crippen LogP contribution in [0.1, 0.15) is 0 Å². The maximum atomic E-state index is 14.8. The SMILES string of the molecule is COc1cc2c(-n3nc(Nc4ccc(N5CCN(C)CC5)c(F)c4)nc3N)ncnc2cc1O. The van der Waals surface area contributed by atoms with E-state index >= 15 is 0 Å². The van der Waals surface area contributed by atoms with Crippen LogP contribution in [-0.2, 0) is 0 Å². The smallest absolute Gasteiger partial charge is 0.248 e. The Bertz CT molecular complexity index is 1350. The highest BCUT2D eigenvalue weighted by molar-refractivity contribution is 5.88. The van der Waals surface area contributed by atoms with Gasteiger partial charge in [-0.3, -0.25) is 0 Å². The molecule has 1 saturated heterocycles. The van der Waals surface area contributed by atoms with E-state index in [1.165, 1.54) is 30.3 Å². The fourth-order valence-corrected chi connectivity index (χ4v) is 3.94. The number of fused-ring (bicyclic) bond motifs is 1. The summed E-state index contributed by atoms with van der Waals surface area (Å²) in [5.74, 6) is 0.506. The summed E-state index contributed by atoms with van der Waals surface area (Å²) in [7, 11) is 3.51. The van der Waals surface area contributed by atoms with Crippen molar-refractivity contribution in [2.75, 3.05) is 56.3 Å². The first-order valence-electron chi connectivity index (χ1n) is 10.7. The van der Waals surface area contributed by atoms with Gasteiger partial charge in [-0.1, -0.05) is 0 Å². The van der Waals surface area contributed by atoms with E-state index in [1.54, 1.807) is 18.2 Å². The van der Waals surface area contributed by atoms with Crippen LogP contribution >= 0.6 is 0 Å². The number of nitrogens with two attached hydrogens (primary N) is 1. The number of hydrogen-bond acceptors (Lipinski definition) is 10. The number of methoxy groups -OCH3 is 1. The molecule has 1 aliphatic rings. The highest BCUT2D eigenvalue weighted by atomic mass is 19.1. The summed E-state index contributed by atoms with van der Waals surface area (Å²) in [6.07, 6.45) is 1.34. The lowest BCUT2D eigenvalue weighted by molar-refractivity contribution is 0.311. The number of halogens is 1. The van der Waals surface area contributed by atoms with Crippen LogP contribution in [0.4, 0.5) is 27.7 Å². The number of piperazine rings is 1. The molecule has 176 valence electrons. The summed E-state index contributed by atoms with van der Waals surface area (Å²) in [4.78, 5) is 17.0. The topological polar surface area (TPSA) is 130 Å². The molecular formula is C22H24FN9O2. The van der Waals surface area contributed by atoms with E-state index in [9.17, 15) is 9.50 Å². The third-order valence-corrected chi connectivity index (χ3v) is 5.80. The van der Waals surface area contributed by atoms with E-state index < -0.39 is 0 Å². The predicted octanol–water partition coefficient (Wildman–Crippen LogP) is 2.14. The number of benzene rings is 2. The highest BCUT2D eigenvalue weighted by Crippen LogP contribution is 2.33. The van der Waals surface area contributed by atoms with Gasteiger partial charge in [0, 0.05) is 43.3 Å². The number of rotatable bonds is 5. The maximum Gasteiger partial charge on any atom is 0.248 e. The second-order valence-electron chi connectivity index (χ2n) is 8.03. The van der Waals surface area contributed by atoms with Crippen LogP contribution in [0.2, 0.25) is 0 Å². The molecule has 1 fully saturated rings. The van der Waals surface area contributed by atoms with E-state index in [0.717, 1.165) is 26.2 Å². The van der Waals surface area contributed by atoms with E-state index in [4.69, 9.17) is 10.5 Å². The number of aromatic nitrogens is 5. The predicted molar refractivity (Wildman–Crippen MR) is 126 cm³/mol. The molecule has 2 aromatic carbocycles. The van der Waals surface area contributed by atoms with Crippen LogP contribution in [-0.4, -0.2) is 75.1 Å². The lowest BCUT2D eigenvalue weighted by Gasteiger charge is -2.34. The van der Waals surface area contributed by atoms with Gasteiger partial charge in [0.15, 0.2) is 17.3 Å². The minimum absolute atomic E-state index is 0.0457. The Morgan fingerprint density at radius 1 is 1.12 bits per heavy atom. The van der Waals surface area contributed by atoms with E-state index in [1.807, 2.05) is 4.90 Å². The number of phenolic OH excluding ortho intramolecular Hbond substituents is 1. The fraction of sp³-hybridized carbons (Fsp3) is 0.273. The van der Waals surface area contributed by atoms with E-state index in [2.05, 4.69) is 37.3 Å². The molecule has 2 aromatic heterocycles. The van der Waals surface area contributed by atoms with Crippen LogP contribution in [0.3, 0.4) is 0 Å². The van der Waals surface area contributed by atoms with E-state index in [-0.39, 0.29) is 29.2 Å². The van der Waals surface area contributed by atoms with Gasteiger partial charge in [-0.2, -0.15) is 9.67 Å². The monoisotopic (exact) mass is 465 g/mol. The van der Waals surface area contributed by atoms with Gasteiger partial charge in [0.05, 0.1) is 18.3 Å². The summed E-state index contributed by atoms with van der Waals surface area (Å²) in [5.41, 5.74) is 7.65. The molecule has 4 N–H and O–H groups in total. The van der Waals surface area contributed by atoms with Crippen molar-refractivity contribution < 1.29 is 14.2 Å². The van der Waals surface area contributed by atoms with Crippen molar-refractivity contribution in [3.63, 3.8) is 0 Å². The van der Waals surface area contributed by atoms with Crippen LogP contribution in [0.15, 0.2) is 36.7 Å². The molecule has 0 bridgehead atoms. The van der Waals surface area contributed by atoms with Crippen LogP contribution in [0.25, 0.3) is 16.7 Å². The summed E-state index contributed by atoms with van der Waals surface area (Å²) in [5, 5.41) is 18.0. The van der Waals surface area contributed by atoms with Gasteiger partial charge in [0.25, 0.3) is 0 Å². The fourth-order valence-electron chi connectivity index (χ4n) is 3.94. The first-order chi connectivity index (χ1) is 16.4. The van der Waals surface area contributed by atoms with Crippen LogP contribution < -0.4 is 20.7 Å². The number of nitrogens with one attached hydrogen (secondary N) is 1. The molecule has 0 saturated carbocycles. The molecule has 4 aromatic rings. The second kappa shape index (κ2) is 8.63. The van der Waals surface area contributed by atoms with Gasteiger partial charge in [-0.15, -0.1) is 5.10 Å². The average Bonchev–Trinajstić information content (AvgIpc) is 3.18. The number of ether oxygens (including phenoxy) is 1. The van der Waals surface area contributed by atoms with Crippen LogP contribution in [0.5, 0.6) is 11.5 Å². The third kappa shape index (κ3) is 3.99. The Kier molecular flexibility index (Phi) is 5.49. The summed E-state index contributed by atoms with van der Waals surface area (Å²) >= 11 is 0. The van der Waals surface area contributed by atoms with Crippen molar-refractivity contribution in [1.29, 1.82) is 0 Å². The van der Waals surface area contributed by atoms with Crippen LogP contribution in [0, 0.1) is 5.82 Å². The van der Waals surface area contributed by atoms with Gasteiger partial charge >= 0.3 is 0 Å². The Morgan fingerprint density at radius 3 is 2.65 bits per heavy atom. The molecule has 5 rings (SSSR count). The molecule has 11 nitrogen and oxygen atoms in total. The first-order valence-corrected chi connectivity index (χ1v) is 10.7. The second-order valence-corrected chi connectivity index (χ2v) is 8.03. The lowest BCUT2D eigenvalue weighted by Crippen LogP contribution is -2.44. The molecule has 34 heavy (non-hydrogen) atoms. The molecule has 0 amide bonds. The molecule has 1 aliphatic heterocycles. The molecule has 0 radical (unpaired) electrons. The van der Waals surface area contributed by atoms with Crippen molar-refractivity contribution in [3.05, 3.63) is 42.5 Å². The Hall–Kier alpha value is -4.19. The minimum atomic E-state index is -0.323. The van der Waals surface area contributed by atoms with Crippen molar-refractivity contribution in [2.45, 2.75) is 0 Å². The number of nitrogen functional groups attached to an aromatic ring is 1. The zero-order valence-electron chi connectivity index (χ0n) is 18.7. The van der Waals surface area contributed by atoms with Crippen molar-refractivity contribution in [3.8, 4) is 17.3 Å². The van der Waals surface area contributed by atoms with Gasteiger partial charge in [0.1, 0.15) is 12.1 Å². The minimum Gasteiger partial charge on any atom is -0.504 e. The first kappa shape index (κ1) is 21.6. The maximum absolute atomic E-state index is 14.8. The molecule has 0 unspecified atom stereocenters. The Balaban J connectivity index is 1.42. The van der Waals surface area contributed by atoms with Gasteiger partial charge < -0.3 is 30.7 Å². The standard InChI is InChI=1S/C22H24FN9O2/c1-30-5-7-31(8-6-30)17-4-3-13(9-15(17)23)27-22-28-21(24)32(29-22)20-14-10-19(34-2)18(33)11-16(14)25-12-26-20/h3-4,9-12,33H,5-8H2,1-2H3,(H3,24,27,28,29). The lowest BCUT2D eigenvalue weighted by atomic mass is 10.2. The number of aromatic hydroxyl groups is 1. The van der Waals surface area contributed by atoms with Gasteiger partial charge in [-0.05, 0) is 31.3 Å². The average molecular weight is 465 g/mol. The number of likely N-dealkylation sites (N-methyl/N-ethyl adjacent to an activating group) is 1. The summed E-state index contributed by atoms with van der Waals surface area (Å²) in [6.45, 7) is 3.34. The Labute approximate surface area is 194 Å². The molecule has 0 spiro atoms. The number of anilines is 4. The van der Waals surface area contributed by atoms with Gasteiger partial charge in [-0.25, -0.2) is 14.4 Å². The zero-order valence-corrected chi connectivity index (χ0v) is 18.7. The van der Waals surface area contributed by atoms with Crippen molar-refractivity contribution in [1.82, 2.24) is 29.6 Å². The number of nitrogens with zero attached hydrogens (tertiary/aromatic N) is 7. The summed E-state index contributed by atoms with van der Waals surface area (Å²) in [6, 6.07) is 8.01. The normalized spacial score (nSPS) is 14.5. The zero-order chi connectivity index (χ0) is 23.8. The largest absolute Gasteiger partial charge is 0.504 e.